The fourth-order valence-corrected chi connectivity index (χ4v) is 4.11. The second-order valence-electron chi connectivity index (χ2n) is 9.09. The SMILES string of the molecule is [B]C([B])(C)N1CCN(c2cc(C(=C)Nc3cc4cc(/C(N)=C/N(C)N)ccc4cn3)ccn2)CC1. The van der Waals surface area contributed by atoms with Gasteiger partial charge in [0, 0.05) is 68.5 Å². The summed E-state index contributed by atoms with van der Waals surface area (Å²) in [6, 6.07) is 11.9. The average molecular weight is 464 g/mol. The number of fused-ring (bicyclic) bond motifs is 1. The molecule has 1 fully saturated rings. The van der Waals surface area contributed by atoms with E-state index in [1.54, 1.807) is 19.4 Å². The number of hydrogen-bond acceptors (Lipinski definition) is 8. The molecule has 1 saturated heterocycles. The molecule has 0 atom stereocenters. The lowest BCUT2D eigenvalue weighted by Crippen LogP contribution is -2.56. The molecule has 10 heteroatoms. The highest BCUT2D eigenvalue weighted by Gasteiger charge is 2.25. The Bertz CT molecular complexity index is 1240. The van der Waals surface area contributed by atoms with Gasteiger partial charge in [-0.25, -0.2) is 15.8 Å². The number of pyridine rings is 2. The number of piperazine rings is 1. The zero-order valence-electron chi connectivity index (χ0n) is 20.3. The minimum absolute atomic E-state index is 0.584. The molecule has 0 bridgehead atoms. The first-order valence-electron chi connectivity index (χ1n) is 11.5. The quantitative estimate of drug-likeness (QED) is 0.277. The molecule has 3 heterocycles. The molecule has 1 aromatic carbocycles. The Kier molecular flexibility index (Phi) is 7.05. The van der Waals surface area contributed by atoms with Gasteiger partial charge in [0.05, 0.1) is 21.4 Å². The van der Waals surface area contributed by atoms with Gasteiger partial charge in [0.2, 0.25) is 0 Å². The van der Waals surface area contributed by atoms with Crippen LogP contribution in [-0.4, -0.2) is 74.1 Å². The van der Waals surface area contributed by atoms with Gasteiger partial charge in [-0.15, -0.1) is 0 Å². The minimum Gasteiger partial charge on any atom is -0.397 e. The van der Waals surface area contributed by atoms with Crippen molar-refractivity contribution in [2.24, 2.45) is 11.6 Å². The van der Waals surface area contributed by atoms with E-state index >= 15 is 0 Å². The van der Waals surface area contributed by atoms with Crippen molar-refractivity contribution in [3.63, 3.8) is 0 Å². The Morgan fingerprint density at radius 2 is 1.83 bits per heavy atom. The van der Waals surface area contributed by atoms with E-state index in [1.165, 1.54) is 5.01 Å². The first kappa shape index (κ1) is 24.6. The molecule has 1 aliphatic heterocycles. The van der Waals surface area contributed by atoms with Crippen LogP contribution in [0.5, 0.6) is 0 Å². The van der Waals surface area contributed by atoms with Crippen LogP contribution in [-0.2, 0) is 0 Å². The predicted octanol–water partition coefficient (Wildman–Crippen LogP) is 1.91. The van der Waals surface area contributed by atoms with E-state index < -0.39 is 5.34 Å². The van der Waals surface area contributed by atoms with Crippen LogP contribution in [0.25, 0.3) is 22.2 Å². The molecule has 4 radical (unpaired) electrons. The first-order chi connectivity index (χ1) is 16.6. The highest BCUT2D eigenvalue weighted by molar-refractivity contribution is 6.39. The predicted molar refractivity (Wildman–Crippen MR) is 146 cm³/mol. The van der Waals surface area contributed by atoms with E-state index in [-0.39, 0.29) is 0 Å². The van der Waals surface area contributed by atoms with Crippen LogP contribution in [0.2, 0.25) is 0 Å². The third-order valence-electron chi connectivity index (χ3n) is 6.06. The van der Waals surface area contributed by atoms with Crippen LogP contribution in [0.3, 0.4) is 0 Å². The number of hydrogen-bond donors (Lipinski definition) is 3. The highest BCUT2D eigenvalue weighted by Crippen LogP contribution is 2.25. The molecule has 0 unspecified atom stereocenters. The normalized spacial score (nSPS) is 15.3. The zero-order chi connectivity index (χ0) is 25.2. The molecule has 0 amide bonds. The minimum atomic E-state index is -0.810. The van der Waals surface area contributed by atoms with Crippen LogP contribution in [0.4, 0.5) is 11.6 Å². The molecule has 8 nitrogen and oxygen atoms in total. The Balaban J connectivity index is 1.48. The average Bonchev–Trinajstić information content (AvgIpc) is 2.83. The van der Waals surface area contributed by atoms with Gasteiger partial charge in [-0.1, -0.05) is 31.0 Å². The standard InChI is InChI=1S/C25H30B2N8/c1-17(18-6-7-30-24(14-18)34-8-10-35(11-9-34)25(2,26)27)32-23-13-21-12-19(22(28)16-33(3)29)4-5-20(21)15-31-23/h4-7,12-16H,1,8-11,28-29H2,2-3H3,(H,31,32)/b22-16-. The number of nitrogens with two attached hydrogens (primary N) is 2. The van der Waals surface area contributed by atoms with Crippen molar-refractivity contribution in [2.75, 3.05) is 43.4 Å². The zero-order valence-corrected chi connectivity index (χ0v) is 20.3. The van der Waals surface area contributed by atoms with Crippen molar-refractivity contribution < 1.29 is 0 Å². The molecule has 176 valence electrons. The van der Waals surface area contributed by atoms with Crippen LogP contribution >= 0.6 is 0 Å². The third kappa shape index (κ3) is 5.96. The van der Waals surface area contributed by atoms with E-state index in [2.05, 4.69) is 31.7 Å². The molecular formula is C25H30B2N8. The lowest BCUT2D eigenvalue weighted by molar-refractivity contribution is 0.221. The van der Waals surface area contributed by atoms with Gasteiger partial charge >= 0.3 is 0 Å². The topological polar surface area (TPSA) is 99.6 Å². The van der Waals surface area contributed by atoms with Gasteiger partial charge < -0.3 is 25.9 Å². The molecule has 1 aliphatic rings. The monoisotopic (exact) mass is 464 g/mol. The fraction of sp³-hybridized carbons (Fsp3) is 0.280. The molecular weight excluding hydrogens is 434 g/mol. The second kappa shape index (κ2) is 10.0. The molecule has 35 heavy (non-hydrogen) atoms. The summed E-state index contributed by atoms with van der Waals surface area (Å²) in [4.78, 5) is 13.4. The maximum Gasteiger partial charge on any atom is 0.130 e. The van der Waals surface area contributed by atoms with Crippen LogP contribution < -0.4 is 21.8 Å². The summed E-state index contributed by atoms with van der Waals surface area (Å²) in [5.74, 6) is 7.27. The van der Waals surface area contributed by atoms with Gasteiger partial charge in [0.15, 0.2) is 0 Å². The van der Waals surface area contributed by atoms with Gasteiger partial charge in [-0.2, -0.15) is 0 Å². The van der Waals surface area contributed by atoms with E-state index in [9.17, 15) is 0 Å². The molecule has 4 rings (SSSR count). The van der Waals surface area contributed by atoms with Crippen LogP contribution in [0.1, 0.15) is 18.1 Å². The number of nitrogens with one attached hydrogen (secondary N) is 1. The van der Waals surface area contributed by atoms with Crippen molar-refractivity contribution in [1.82, 2.24) is 19.9 Å². The maximum absolute atomic E-state index is 6.16. The van der Waals surface area contributed by atoms with Gasteiger partial charge in [-0.3, -0.25) is 0 Å². The highest BCUT2D eigenvalue weighted by atomic mass is 15.4. The van der Waals surface area contributed by atoms with Gasteiger partial charge in [0.1, 0.15) is 11.6 Å². The number of benzene rings is 1. The van der Waals surface area contributed by atoms with Gasteiger partial charge in [0.25, 0.3) is 0 Å². The Labute approximate surface area is 209 Å². The number of hydrazine groups is 1. The Hall–Kier alpha value is -3.49. The van der Waals surface area contributed by atoms with Crippen molar-refractivity contribution in [1.29, 1.82) is 0 Å². The summed E-state index contributed by atoms with van der Waals surface area (Å²) in [6.07, 6.45) is 5.29. The lowest BCUT2D eigenvalue weighted by atomic mass is 9.62. The van der Waals surface area contributed by atoms with E-state index in [0.717, 1.165) is 59.6 Å². The first-order valence-corrected chi connectivity index (χ1v) is 11.5. The Morgan fingerprint density at radius 3 is 2.51 bits per heavy atom. The summed E-state index contributed by atoms with van der Waals surface area (Å²) in [6.45, 7) is 9.19. The molecule has 5 N–H and O–H groups in total. The third-order valence-corrected chi connectivity index (χ3v) is 6.06. The van der Waals surface area contributed by atoms with Crippen molar-refractivity contribution >= 4 is 49.5 Å². The van der Waals surface area contributed by atoms with Crippen molar-refractivity contribution in [2.45, 2.75) is 12.3 Å². The van der Waals surface area contributed by atoms with E-state index in [4.69, 9.17) is 27.3 Å². The summed E-state index contributed by atoms with van der Waals surface area (Å²) in [5, 5.41) is 5.95. The summed E-state index contributed by atoms with van der Waals surface area (Å²) >= 11 is 0. The molecule has 3 aromatic rings. The number of nitrogens with zero attached hydrogens (tertiary/aromatic N) is 5. The molecule has 0 saturated carbocycles. The van der Waals surface area contributed by atoms with E-state index in [0.29, 0.717) is 11.5 Å². The molecule has 0 spiro atoms. The van der Waals surface area contributed by atoms with Crippen molar-refractivity contribution in [3.8, 4) is 0 Å². The number of aromatic nitrogens is 2. The molecule has 0 aliphatic carbocycles. The fourth-order valence-electron chi connectivity index (χ4n) is 4.11. The van der Waals surface area contributed by atoms with Crippen molar-refractivity contribution in [3.05, 3.63) is 72.7 Å². The second-order valence-corrected chi connectivity index (χ2v) is 9.09. The van der Waals surface area contributed by atoms with Crippen LogP contribution in [0.15, 0.2) is 61.6 Å². The van der Waals surface area contributed by atoms with Crippen LogP contribution in [0, 0.1) is 0 Å². The summed E-state index contributed by atoms with van der Waals surface area (Å²) < 4.78 is 0. The molecule has 2 aromatic heterocycles. The smallest absolute Gasteiger partial charge is 0.130 e. The summed E-state index contributed by atoms with van der Waals surface area (Å²) in [7, 11) is 13.8. The summed E-state index contributed by atoms with van der Waals surface area (Å²) in [5.41, 5.74) is 9.29. The lowest BCUT2D eigenvalue weighted by Gasteiger charge is -2.43. The number of anilines is 2. The Morgan fingerprint density at radius 1 is 1.09 bits per heavy atom. The maximum atomic E-state index is 6.16. The van der Waals surface area contributed by atoms with E-state index in [1.807, 2.05) is 49.5 Å². The number of rotatable bonds is 7. The largest absolute Gasteiger partial charge is 0.397 e. The van der Waals surface area contributed by atoms with Gasteiger partial charge in [-0.05, 0) is 35.2 Å².